The monoisotopic (exact) mass is 282 g/mol. The third-order valence-electron chi connectivity index (χ3n) is 4.25. The van der Waals surface area contributed by atoms with Gasteiger partial charge in [0.1, 0.15) is 17.8 Å². The van der Waals surface area contributed by atoms with Gasteiger partial charge in [-0.15, -0.1) is 0 Å². The molecule has 0 radical (unpaired) electrons. The summed E-state index contributed by atoms with van der Waals surface area (Å²) in [7, 11) is 1.61. The molecular weight excluding hydrogens is 264 g/mol. The number of aromatic amines is 1. The van der Waals surface area contributed by atoms with Crippen molar-refractivity contribution in [1.29, 1.82) is 0 Å². The number of aryl methyl sites for hydroxylation is 1. The van der Waals surface area contributed by atoms with Crippen molar-refractivity contribution in [1.82, 2.24) is 9.55 Å². The van der Waals surface area contributed by atoms with Crippen molar-refractivity contribution in [3.63, 3.8) is 0 Å². The Labute approximate surface area is 115 Å². The standard InChI is InChI=1S/C13H18N2O5/c1-4-13-6-19-8(9(13)18-3)11(20-13)15-5-7(2)10(16)14-12(15)17/h5,8-9,11H,4,6H2,1-3H3,(H,14,16,17)/t8?,9?,11-,13-/m1/s1. The summed E-state index contributed by atoms with van der Waals surface area (Å²) in [6.45, 7) is 4.10. The van der Waals surface area contributed by atoms with Crippen molar-refractivity contribution in [2.75, 3.05) is 13.7 Å². The molecule has 0 saturated carbocycles. The molecule has 7 nitrogen and oxygen atoms in total. The molecule has 20 heavy (non-hydrogen) atoms. The highest BCUT2D eigenvalue weighted by Crippen LogP contribution is 2.47. The quantitative estimate of drug-likeness (QED) is 0.839. The number of H-pyrrole nitrogens is 1. The highest BCUT2D eigenvalue weighted by Gasteiger charge is 2.61. The molecule has 2 aliphatic rings. The molecule has 2 aliphatic heterocycles. The first-order valence-corrected chi connectivity index (χ1v) is 6.66. The van der Waals surface area contributed by atoms with Crippen molar-refractivity contribution in [3.8, 4) is 0 Å². The van der Waals surface area contributed by atoms with E-state index in [1.165, 1.54) is 10.8 Å². The fourth-order valence-corrected chi connectivity index (χ4v) is 3.07. The van der Waals surface area contributed by atoms with Crippen molar-refractivity contribution in [2.45, 2.75) is 44.3 Å². The average molecular weight is 282 g/mol. The Morgan fingerprint density at radius 1 is 1.55 bits per heavy atom. The number of aromatic nitrogens is 2. The van der Waals surface area contributed by atoms with Gasteiger partial charge in [-0.2, -0.15) is 0 Å². The summed E-state index contributed by atoms with van der Waals surface area (Å²) in [6.07, 6.45) is 1.11. The molecule has 0 spiro atoms. The van der Waals surface area contributed by atoms with E-state index in [0.29, 0.717) is 12.2 Å². The minimum atomic E-state index is -0.573. The maximum Gasteiger partial charge on any atom is 0.330 e. The maximum atomic E-state index is 12.0. The van der Waals surface area contributed by atoms with Gasteiger partial charge in [-0.25, -0.2) is 4.79 Å². The lowest BCUT2D eigenvalue weighted by molar-refractivity contribution is -0.176. The number of ether oxygens (including phenoxy) is 3. The average Bonchev–Trinajstić information content (AvgIpc) is 2.95. The summed E-state index contributed by atoms with van der Waals surface area (Å²) in [5.74, 6) is 0. The lowest BCUT2D eigenvalue weighted by atomic mass is 9.96. The minimum absolute atomic E-state index is 0.211. The van der Waals surface area contributed by atoms with E-state index >= 15 is 0 Å². The minimum Gasteiger partial charge on any atom is -0.375 e. The molecule has 3 heterocycles. The lowest BCUT2D eigenvalue weighted by Crippen LogP contribution is -2.41. The summed E-state index contributed by atoms with van der Waals surface area (Å²) in [6, 6.07) is 0. The molecule has 1 N–H and O–H groups in total. The predicted octanol–water partition coefficient (Wildman–Crippen LogP) is -0.0636. The third-order valence-corrected chi connectivity index (χ3v) is 4.25. The van der Waals surface area contributed by atoms with Crippen molar-refractivity contribution < 1.29 is 14.2 Å². The van der Waals surface area contributed by atoms with Crippen molar-refractivity contribution in [2.24, 2.45) is 0 Å². The van der Waals surface area contributed by atoms with Crippen LogP contribution in [0.4, 0.5) is 0 Å². The molecule has 2 saturated heterocycles. The number of nitrogens with one attached hydrogen (secondary N) is 1. The maximum absolute atomic E-state index is 12.0. The van der Waals surface area contributed by atoms with Gasteiger partial charge in [0.05, 0.1) is 6.61 Å². The van der Waals surface area contributed by atoms with E-state index in [4.69, 9.17) is 14.2 Å². The molecule has 2 bridgehead atoms. The van der Waals surface area contributed by atoms with Crippen LogP contribution in [0.2, 0.25) is 0 Å². The highest BCUT2D eigenvalue weighted by atomic mass is 16.7. The van der Waals surface area contributed by atoms with E-state index in [0.717, 1.165) is 6.42 Å². The number of rotatable bonds is 3. The molecule has 110 valence electrons. The number of fused-ring (bicyclic) bond motifs is 2. The fraction of sp³-hybridized carbons (Fsp3) is 0.692. The van der Waals surface area contributed by atoms with Gasteiger partial charge < -0.3 is 14.2 Å². The zero-order valence-electron chi connectivity index (χ0n) is 11.7. The Balaban J connectivity index is 2.04. The van der Waals surface area contributed by atoms with Gasteiger partial charge in [-0.1, -0.05) is 6.92 Å². The van der Waals surface area contributed by atoms with Gasteiger partial charge in [0.2, 0.25) is 0 Å². The van der Waals surface area contributed by atoms with E-state index in [1.54, 1.807) is 14.0 Å². The molecule has 0 aromatic carbocycles. The summed E-state index contributed by atoms with van der Waals surface area (Å²) >= 11 is 0. The molecule has 1 aromatic rings. The first kappa shape index (κ1) is 13.5. The molecule has 4 atom stereocenters. The zero-order chi connectivity index (χ0) is 14.5. The molecular formula is C13H18N2O5. The topological polar surface area (TPSA) is 82.5 Å². The Kier molecular flexibility index (Phi) is 3.07. The van der Waals surface area contributed by atoms with Crippen LogP contribution in [-0.2, 0) is 14.2 Å². The summed E-state index contributed by atoms with van der Waals surface area (Å²) in [4.78, 5) is 25.7. The second kappa shape index (κ2) is 4.54. The summed E-state index contributed by atoms with van der Waals surface area (Å²) < 4.78 is 18.7. The van der Waals surface area contributed by atoms with E-state index in [-0.39, 0.29) is 17.8 Å². The van der Waals surface area contributed by atoms with Crippen LogP contribution in [0.5, 0.6) is 0 Å². The van der Waals surface area contributed by atoms with Crippen LogP contribution >= 0.6 is 0 Å². The molecule has 2 unspecified atom stereocenters. The van der Waals surface area contributed by atoms with Crippen LogP contribution in [-0.4, -0.2) is 41.1 Å². The molecule has 0 amide bonds. The van der Waals surface area contributed by atoms with E-state index < -0.39 is 17.5 Å². The Bertz CT molecular complexity index is 636. The first-order valence-electron chi connectivity index (χ1n) is 6.66. The van der Waals surface area contributed by atoms with E-state index in [9.17, 15) is 9.59 Å². The van der Waals surface area contributed by atoms with Crippen molar-refractivity contribution >= 4 is 0 Å². The van der Waals surface area contributed by atoms with Crippen molar-refractivity contribution in [3.05, 3.63) is 32.6 Å². The van der Waals surface area contributed by atoms with Crippen LogP contribution in [0.3, 0.4) is 0 Å². The van der Waals surface area contributed by atoms with Gasteiger partial charge in [-0.05, 0) is 13.3 Å². The van der Waals surface area contributed by atoms with Gasteiger partial charge in [0, 0.05) is 18.9 Å². The largest absolute Gasteiger partial charge is 0.375 e. The summed E-state index contributed by atoms with van der Waals surface area (Å²) in [5.41, 5.74) is -0.949. The number of methoxy groups -OCH3 is 1. The van der Waals surface area contributed by atoms with E-state index in [2.05, 4.69) is 4.98 Å². The third kappa shape index (κ3) is 1.70. The SMILES string of the molecule is CC[C@@]12COC(C1OC)[C@H](n1cc(C)c(=O)[nH]c1=O)O2. The van der Waals surface area contributed by atoms with Gasteiger partial charge in [0.25, 0.3) is 5.56 Å². The normalized spacial score (nSPS) is 35.6. The second-order valence-electron chi connectivity index (χ2n) is 5.34. The molecule has 2 fully saturated rings. The van der Waals surface area contributed by atoms with Gasteiger partial charge in [0.15, 0.2) is 6.23 Å². The van der Waals surface area contributed by atoms with Gasteiger partial charge >= 0.3 is 5.69 Å². The second-order valence-corrected chi connectivity index (χ2v) is 5.34. The number of hydrogen-bond donors (Lipinski definition) is 1. The van der Waals surface area contributed by atoms with Gasteiger partial charge in [-0.3, -0.25) is 14.3 Å². The smallest absolute Gasteiger partial charge is 0.330 e. The number of hydrogen-bond acceptors (Lipinski definition) is 5. The molecule has 1 aromatic heterocycles. The molecule has 3 rings (SSSR count). The Morgan fingerprint density at radius 2 is 2.30 bits per heavy atom. The van der Waals surface area contributed by atoms with Crippen LogP contribution in [0.25, 0.3) is 0 Å². The fourth-order valence-electron chi connectivity index (χ4n) is 3.07. The van der Waals surface area contributed by atoms with Crippen LogP contribution < -0.4 is 11.2 Å². The lowest BCUT2D eigenvalue weighted by Gasteiger charge is -2.30. The van der Waals surface area contributed by atoms with Crippen LogP contribution in [0.15, 0.2) is 15.8 Å². The zero-order valence-corrected chi connectivity index (χ0v) is 11.7. The Morgan fingerprint density at radius 3 is 2.90 bits per heavy atom. The molecule has 0 aliphatic carbocycles. The predicted molar refractivity (Wildman–Crippen MR) is 69.7 cm³/mol. The summed E-state index contributed by atoms with van der Waals surface area (Å²) in [5, 5.41) is 0. The Hall–Kier alpha value is -1.44. The van der Waals surface area contributed by atoms with E-state index in [1.807, 2.05) is 6.92 Å². The van der Waals surface area contributed by atoms with Crippen LogP contribution in [0.1, 0.15) is 25.1 Å². The highest BCUT2D eigenvalue weighted by molar-refractivity contribution is 5.09. The number of nitrogens with zero attached hydrogens (tertiary/aromatic N) is 1. The van der Waals surface area contributed by atoms with Crippen LogP contribution in [0, 0.1) is 6.92 Å². The first-order chi connectivity index (χ1) is 9.52. The molecule has 7 heteroatoms.